The summed E-state index contributed by atoms with van der Waals surface area (Å²) in [6.07, 6.45) is -5.00. The van der Waals surface area contributed by atoms with E-state index in [-0.39, 0.29) is 40.0 Å². The zero-order valence-corrected chi connectivity index (χ0v) is 10.4. The topological polar surface area (TPSA) is 20.2 Å². The molecule has 14 heavy (non-hydrogen) atoms. The van der Waals surface area contributed by atoms with Crippen LogP contribution in [-0.2, 0) is 0 Å². The summed E-state index contributed by atoms with van der Waals surface area (Å²) in [5.41, 5.74) is 1.07. The minimum atomic E-state index is -5.00. The van der Waals surface area contributed by atoms with E-state index in [1.165, 1.54) is 0 Å². The molecular formula is C8H9BrF3MgO+. The molecule has 1 N–H and O–H groups in total. The van der Waals surface area contributed by atoms with Crippen molar-refractivity contribution in [2.45, 2.75) is 6.36 Å². The molecule has 0 aliphatic carbocycles. The van der Waals surface area contributed by atoms with Crippen molar-refractivity contribution in [2.75, 3.05) is 0 Å². The molecule has 0 saturated heterocycles. The van der Waals surface area contributed by atoms with Gasteiger partial charge in [-0.1, -0.05) is 6.07 Å². The first-order valence-corrected chi connectivity index (χ1v) is 3.05. The molecule has 0 bridgehead atoms. The van der Waals surface area contributed by atoms with E-state index >= 15 is 0 Å². The third-order valence-electron chi connectivity index (χ3n) is 0.843. The van der Waals surface area contributed by atoms with Gasteiger partial charge in [0.2, 0.25) is 0 Å². The van der Waals surface area contributed by atoms with E-state index in [1.807, 2.05) is 30.3 Å². The van der Waals surface area contributed by atoms with Crippen LogP contribution in [0.2, 0.25) is 0 Å². The molecule has 1 aromatic rings. The number of alkyl halides is 3. The van der Waals surface area contributed by atoms with Crippen molar-refractivity contribution in [3.8, 4) is 0 Å². The zero-order chi connectivity index (χ0) is 9.61. The predicted molar refractivity (Wildman–Crippen MR) is 55.3 cm³/mol. The van der Waals surface area contributed by atoms with Crippen molar-refractivity contribution >= 4 is 40.0 Å². The average molecular weight is 282 g/mol. The number of hydrogen-bond donors (Lipinski definition) is 1. The van der Waals surface area contributed by atoms with Crippen molar-refractivity contribution < 1.29 is 18.3 Å². The molecule has 0 heterocycles. The van der Waals surface area contributed by atoms with Crippen LogP contribution in [0.4, 0.5) is 13.2 Å². The Bertz CT molecular complexity index is 210. The first-order chi connectivity index (χ1) is 5.39. The van der Waals surface area contributed by atoms with Gasteiger partial charge in [-0.05, 0) is 0 Å². The second-order valence-electron chi connectivity index (χ2n) is 1.95. The first-order valence-electron chi connectivity index (χ1n) is 3.05. The van der Waals surface area contributed by atoms with Crippen LogP contribution in [0.5, 0.6) is 0 Å². The van der Waals surface area contributed by atoms with E-state index in [1.54, 1.807) is 0 Å². The van der Waals surface area contributed by atoms with Gasteiger partial charge in [0.25, 0.3) is 0 Å². The number of halogens is 4. The molecule has 0 aromatic heterocycles. The molecular weight excluding hydrogens is 273 g/mol. The van der Waals surface area contributed by atoms with Gasteiger partial charge in [0.15, 0.2) is 0 Å². The van der Waals surface area contributed by atoms with Gasteiger partial charge in [-0.25, -0.2) is 0 Å². The van der Waals surface area contributed by atoms with Gasteiger partial charge in [0.05, 0.1) is 0 Å². The van der Waals surface area contributed by atoms with Gasteiger partial charge in [0.1, 0.15) is 0 Å². The largest absolute Gasteiger partial charge is 2.00 e. The van der Waals surface area contributed by atoms with Crippen molar-refractivity contribution in [1.29, 1.82) is 0 Å². The van der Waals surface area contributed by atoms with Gasteiger partial charge in [-0.3, -0.25) is 0 Å². The molecule has 0 radical (unpaired) electrons. The normalized spacial score (nSPS) is 8.57. The van der Waals surface area contributed by atoms with Crippen molar-refractivity contribution in [3.05, 3.63) is 42.8 Å². The van der Waals surface area contributed by atoms with Gasteiger partial charge < -0.3 is 5.11 Å². The van der Waals surface area contributed by atoms with E-state index in [9.17, 15) is 13.2 Å². The third kappa shape index (κ3) is 22.7. The molecule has 0 atom stereocenters. The number of aliphatic hydroxyl groups is 1. The Morgan fingerprint density at radius 3 is 1.50 bits per heavy atom. The van der Waals surface area contributed by atoms with Crippen LogP contribution in [0, 0.1) is 6.92 Å². The van der Waals surface area contributed by atoms with Crippen LogP contribution in [0.1, 0.15) is 5.56 Å². The van der Waals surface area contributed by atoms with Crippen LogP contribution >= 0.6 is 17.0 Å². The van der Waals surface area contributed by atoms with Crippen LogP contribution in [0.3, 0.4) is 0 Å². The number of benzene rings is 1. The van der Waals surface area contributed by atoms with E-state index in [0.29, 0.717) is 0 Å². The molecule has 6 heteroatoms. The summed E-state index contributed by atoms with van der Waals surface area (Å²) in [5, 5.41) is 6.52. The van der Waals surface area contributed by atoms with Gasteiger partial charge in [0, 0.05) is 0 Å². The minimum Gasteiger partial charge on any atom is -0.308 e. The fourth-order valence-corrected chi connectivity index (χ4v) is 0.478. The standard InChI is InChI=1S/C7H7.CHF3O.BrH.Mg/c1-7-5-3-2-4-6-7;2-1(3,4)5;;/h2-6H,1H2;5H;1H;/q-1;;;+2. The Labute approximate surface area is 107 Å². The van der Waals surface area contributed by atoms with Crippen LogP contribution in [0.25, 0.3) is 0 Å². The zero-order valence-electron chi connectivity index (χ0n) is 7.29. The summed E-state index contributed by atoms with van der Waals surface area (Å²) in [4.78, 5) is 0. The van der Waals surface area contributed by atoms with Crippen LogP contribution in [0.15, 0.2) is 30.3 Å². The maximum Gasteiger partial charge on any atom is 2.00 e. The average Bonchev–Trinajstić information content (AvgIpc) is 1.85. The quantitative estimate of drug-likeness (QED) is 0.573. The molecule has 1 rings (SSSR count). The molecule has 0 amide bonds. The van der Waals surface area contributed by atoms with Crippen molar-refractivity contribution in [3.63, 3.8) is 0 Å². The molecule has 0 spiro atoms. The van der Waals surface area contributed by atoms with Crippen LogP contribution in [-0.4, -0.2) is 34.5 Å². The number of rotatable bonds is 0. The molecule has 1 aromatic carbocycles. The molecule has 0 saturated carbocycles. The smallest absolute Gasteiger partial charge is 0.308 e. The molecule has 1 nitrogen and oxygen atoms in total. The Morgan fingerprint density at radius 1 is 1.07 bits per heavy atom. The van der Waals surface area contributed by atoms with E-state index < -0.39 is 6.36 Å². The Balaban J connectivity index is -0.000000159. The maximum atomic E-state index is 9.91. The minimum absolute atomic E-state index is 0. The summed E-state index contributed by atoms with van der Waals surface area (Å²) in [7, 11) is 0. The molecule has 0 aliphatic heterocycles. The van der Waals surface area contributed by atoms with Gasteiger partial charge in [-0.2, -0.15) is 24.6 Å². The summed E-state index contributed by atoms with van der Waals surface area (Å²) < 4.78 is 29.7. The summed E-state index contributed by atoms with van der Waals surface area (Å²) >= 11 is 0. The van der Waals surface area contributed by atoms with E-state index in [0.717, 1.165) is 5.56 Å². The number of hydrogen-bond acceptors (Lipinski definition) is 1. The summed E-state index contributed by atoms with van der Waals surface area (Å²) in [6, 6.07) is 9.87. The van der Waals surface area contributed by atoms with Crippen LogP contribution < -0.4 is 0 Å². The fourth-order valence-electron chi connectivity index (χ4n) is 0.478. The van der Waals surface area contributed by atoms with Crippen molar-refractivity contribution in [1.82, 2.24) is 0 Å². The second kappa shape index (κ2) is 9.63. The SMILES string of the molecule is Br.OC(F)(F)F.[CH2-]c1ccccc1.[Mg+2]. The van der Waals surface area contributed by atoms with Crippen molar-refractivity contribution in [2.24, 2.45) is 0 Å². The van der Waals surface area contributed by atoms with Gasteiger partial charge in [-0.15, -0.1) is 42.3 Å². The Morgan fingerprint density at radius 2 is 1.36 bits per heavy atom. The summed E-state index contributed by atoms with van der Waals surface area (Å²) in [5.74, 6) is 0. The van der Waals surface area contributed by atoms with Gasteiger partial charge >= 0.3 is 29.4 Å². The Kier molecular flexibility index (Phi) is 13.5. The van der Waals surface area contributed by atoms with E-state index in [2.05, 4.69) is 6.92 Å². The monoisotopic (exact) mass is 281 g/mol. The third-order valence-corrected chi connectivity index (χ3v) is 0.843. The first kappa shape index (κ1) is 19.6. The Hall–Kier alpha value is 0.0862. The maximum absolute atomic E-state index is 9.91. The van der Waals surface area contributed by atoms with E-state index in [4.69, 9.17) is 5.11 Å². The fraction of sp³-hybridized carbons (Fsp3) is 0.125. The molecule has 0 unspecified atom stereocenters. The predicted octanol–water partition coefficient (Wildman–Crippen LogP) is 2.56. The second-order valence-corrected chi connectivity index (χ2v) is 1.95. The molecule has 76 valence electrons. The molecule has 0 fully saturated rings. The summed E-state index contributed by atoms with van der Waals surface area (Å²) in [6.45, 7) is 3.72. The molecule has 0 aliphatic rings.